The van der Waals surface area contributed by atoms with E-state index in [1.807, 2.05) is 0 Å². The first-order valence-corrected chi connectivity index (χ1v) is 8.93. The lowest BCUT2D eigenvalue weighted by molar-refractivity contribution is 0.0690. The average Bonchev–Trinajstić information content (AvgIpc) is 3.32. The van der Waals surface area contributed by atoms with Crippen LogP contribution in [-0.4, -0.2) is 72.9 Å². The van der Waals surface area contributed by atoms with Gasteiger partial charge in [-0.2, -0.15) is 0 Å². The molecule has 0 aromatic rings. The molecule has 2 atom stereocenters. The summed E-state index contributed by atoms with van der Waals surface area (Å²) in [5, 5.41) is 13.8. The van der Waals surface area contributed by atoms with Crippen LogP contribution in [0.3, 0.4) is 0 Å². The number of aliphatic hydroxyl groups excluding tert-OH is 1. The normalized spacial score (nSPS) is 28.3. The molecule has 1 heterocycles. The number of hydrogen-bond donors (Lipinski definition) is 2. The second-order valence-electron chi connectivity index (χ2n) is 7.16. The fourth-order valence-electron chi connectivity index (χ4n) is 3.82. The lowest BCUT2D eigenvalue weighted by Gasteiger charge is -2.41. The summed E-state index contributed by atoms with van der Waals surface area (Å²) in [4.78, 5) is 5.12. The summed E-state index contributed by atoms with van der Waals surface area (Å²) in [7, 11) is 2.24. The Kier molecular flexibility index (Phi) is 6.48. The van der Waals surface area contributed by atoms with Crippen molar-refractivity contribution in [1.82, 2.24) is 15.1 Å². The fourth-order valence-corrected chi connectivity index (χ4v) is 3.82. The number of nitrogens with one attached hydrogen (secondary N) is 1. The highest BCUT2D eigenvalue weighted by Crippen LogP contribution is 2.40. The summed E-state index contributed by atoms with van der Waals surface area (Å²) < 4.78 is 0. The van der Waals surface area contributed by atoms with E-state index < -0.39 is 0 Å². The van der Waals surface area contributed by atoms with Crippen LogP contribution in [0.5, 0.6) is 0 Å². The van der Waals surface area contributed by atoms with Crippen LogP contribution in [0.2, 0.25) is 0 Å². The molecule has 0 amide bonds. The third kappa shape index (κ3) is 4.41. The van der Waals surface area contributed by atoms with E-state index in [4.69, 9.17) is 0 Å². The van der Waals surface area contributed by atoms with Gasteiger partial charge in [0.1, 0.15) is 0 Å². The Morgan fingerprint density at radius 1 is 1.24 bits per heavy atom. The van der Waals surface area contributed by atoms with Gasteiger partial charge in [0.15, 0.2) is 0 Å². The van der Waals surface area contributed by atoms with Gasteiger partial charge in [0.25, 0.3) is 0 Å². The van der Waals surface area contributed by atoms with Gasteiger partial charge >= 0.3 is 0 Å². The van der Waals surface area contributed by atoms with Crippen LogP contribution in [0, 0.1) is 5.92 Å². The summed E-state index contributed by atoms with van der Waals surface area (Å²) in [6.45, 7) is 10.3. The summed E-state index contributed by atoms with van der Waals surface area (Å²) in [5.41, 5.74) is -0.0632. The van der Waals surface area contributed by atoms with Crippen molar-refractivity contribution in [3.63, 3.8) is 0 Å². The van der Waals surface area contributed by atoms with E-state index in [-0.39, 0.29) is 12.1 Å². The lowest BCUT2D eigenvalue weighted by Crippen LogP contribution is -2.60. The van der Waals surface area contributed by atoms with E-state index in [9.17, 15) is 5.11 Å². The molecule has 2 fully saturated rings. The lowest BCUT2D eigenvalue weighted by atomic mass is 9.92. The van der Waals surface area contributed by atoms with Crippen molar-refractivity contribution in [3.8, 4) is 0 Å². The Morgan fingerprint density at radius 3 is 2.57 bits per heavy atom. The van der Waals surface area contributed by atoms with Gasteiger partial charge in [0.05, 0.1) is 12.1 Å². The minimum atomic E-state index is -0.0632. The Morgan fingerprint density at radius 2 is 2.00 bits per heavy atom. The van der Waals surface area contributed by atoms with Crippen LogP contribution < -0.4 is 5.32 Å². The van der Waals surface area contributed by atoms with Crippen LogP contribution in [0.1, 0.15) is 46.0 Å². The highest BCUT2D eigenvalue weighted by atomic mass is 16.3. The van der Waals surface area contributed by atoms with Gasteiger partial charge in [-0.25, -0.2) is 0 Å². The minimum Gasteiger partial charge on any atom is -0.394 e. The van der Waals surface area contributed by atoms with Gasteiger partial charge in [-0.1, -0.05) is 13.8 Å². The van der Waals surface area contributed by atoms with E-state index in [0.717, 1.165) is 26.1 Å². The van der Waals surface area contributed by atoms with Crippen molar-refractivity contribution >= 4 is 0 Å². The predicted molar refractivity (Wildman–Crippen MR) is 88.6 cm³/mol. The smallest absolute Gasteiger partial charge is 0.0628 e. The van der Waals surface area contributed by atoms with Crippen LogP contribution in [0.25, 0.3) is 0 Å². The molecule has 2 N–H and O–H groups in total. The van der Waals surface area contributed by atoms with Gasteiger partial charge in [0, 0.05) is 19.1 Å². The molecule has 1 saturated heterocycles. The molecular weight excluding hydrogens is 262 g/mol. The highest BCUT2D eigenvalue weighted by molar-refractivity contribution is 5.03. The predicted octanol–water partition coefficient (Wildman–Crippen LogP) is 1.54. The maximum absolute atomic E-state index is 10.1. The molecule has 0 bridgehead atoms. The molecule has 2 rings (SSSR count). The summed E-state index contributed by atoms with van der Waals surface area (Å²) in [5.74, 6) is 0.674. The zero-order chi connectivity index (χ0) is 15.3. The Hall–Kier alpha value is -0.160. The van der Waals surface area contributed by atoms with Gasteiger partial charge < -0.3 is 15.3 Å². The van der Waals surface area contributed by atoms with E-state index >= 15 is 0 Å². The molecule has 4 heteroatoms. The van der Waals surface area contributed by atoms with Crippen molar-refractivity contribution in [2.75, 3.05) is 46.4 Å². The van der Waals surface area contributed by atoms with Crippen molar-refractivity contribution in [2.45, 2.75) is 57.5 Å². The first kappa shape index (κ1) is 17.2. The molecular formula is C17H35N3O. The zero-order valence-corrected chi connectivity index (χ0v) is 14.3. The SMILES string of the molecule is CCCNC(CO)(CN1CCCN(C)CC1CC)C1CC1. The summed E-state index contributed by atoms with van der Waals surface area (Å²) in [6.07, 6.45) is 6.13. The second-order valence-corrected chi connectivity index (χ2v) is 7.16. The highest BCUT2D eigenvalue weighted by Gasteiger charge is 2.46. The number of aliphatic hydroxyl groups is 1. The second kappa shape index (κ2) is 7.91. The molecule has 1 aliphatic carbocycles. The largest absolute Gasteiger partial charge is 0.394 e. The maximum atomic E-state index is 10.1. The molecule has 4 nitrogen and oxygen atoms in total. The van der Waals surface area contributed by atoms with Crippen LogP contribution >= 0.6 is 0 Å². The van der Waals surface area contributed by atoms with Gasteiger partial charge in [-0.05, 0) is 64.7 Å². The number of likely N-dealkylation sites (N-methyl/N-ethyl adjacent to an activating group) is 1. The zero-order valence-electron chi connectivity index (χ0n) is 14.3. The summed E-state index contributed by atoms with van der Waals surface area (Å²) >= 11 is 0. The Labute approximate surface area is 130 Å². The molecule has 2 unspecified atom stereocenters. The molecule has 0 aromatic carbocycles. The summed E-state index contributed by atoms with van der Waals surface area (Å²) in [6, 6.07) is 0.630. The van der Waals surface area contributed by atoms with E-state index in [0.29, 0.717) is 12.0 Å². The quantitative estimate of drug-likeness (QED) is 0.713. The average molecular weight is 297 g/mol. The van der Waals surface area contributed by atoms with Crippen LogP contribution in [-0.2, 0) is 0 Å². The van der Waals surface area contributed by atoms with Crippen molar-refractivity contribution in [3.05, 3.63) is 0 Å². The third-order valence-corrected chi connectivity index (χ3v) is 5.35. The van der Waals surface area contributed by atoms with Crippen LogP contribution in [0.4, 0.5) is 0 Å². The maximum Gasteiger partial charge on any atom is 0.0628 e. The number of hydrogen-bond acceptors (Lipinski definition) is 4. The van der Waals surface area contributed by atoms with Gasteiger partial charge in [0.2, 0.25) is 0 Å². The Balaban J connectivity index is 2.06. The van der Waals surface area contributed by atoms with Gasteiger partial charge in [-0.15, -0.1) is 0 Å². The van der Waals surface area contributed by atoms with Gasteiger partial charge in [-0.3, -0.25) is 4.90 Å². The molecule has 124 valence electrons. The first-order chi connectivity index (χ1) is 10.1. The topological polar surface area (TPSA) is 38.7 Å². The van der Waals surface area contributed by atoms with E-state index in [1.165, 1.54) is 38.8 Å². The number of nitrogens with zero attached hydrogens (tertiary/aromatic N) is 2. The molecule has 1 saturated carbocycles. The molecule has 0 radical (unpaired) electrons. The molecule has 1 aliphatic heterocycles. The first-order valence-electron chi connectivity index (χ1n) is 8.93. The standard InChI is InChI=1S/C17H35N3O/c1-4-9-18-17(14-21,15-7-8-15)13-20-11-6-10-19(3)12-16(20)5-2/h15-16,18,21H,4-14H2,1-3H3. The molecule has 0 aromatic heterocycles. The molecule has 0 spiro atoms. The molecule has 2 aliphatic rings. The number of rotatable bonds is 8. The van der Waals surface area contributed by atoms with E-state index in [2.05, 4.69) is 36.0 Å². The van der Waals surface area contributed by atoms with Crippen molar-refractivity contribution in [1.29, 1.82) is 0 Å². The van der Waals surface area contributed by atoms with Crippen LogP contribution in [0.15, 0.2) is 0 Å². The monoisotopic (exact) mass is 297 g/mol. The Bertz CT molecular complexity index is 308. The minimum absolute atomic E-state index is 0.0632. The van der Waals surface area contributed by atoms with E-state index in [1.54, 1.807) is 0 Å². The third-order valence-electron chi connectivity index (χ3n) is 5.35. The van der Waals surface area contributed by atoms with Crippen molar-refractivity contribution in [2.24, 2.45) is 5.92 Å². The fraction of sp³-hybridized carbons (Fsp3) is 1.00. The van der Waals surface area contributed by atoms with Crippen molar-refractivity contribution < 1.29 is 5.11 Å². The molecule has 21 heavy (non-hydrogen) atoms.